The van der Waals surface area contributed by atoms with Gasteiger partial charge in [-0.2, -0.15) is 0 Å². The number of carboxylic acids is 1. The second-order valence-corrected chi connectivity index (χ2v) is 12.5. The quantitative estimate of drug-likeness (QED) is 0.548. The Balaban J connectivity index is 2.14. The monoisotopic (exact) mass is 437 g/mol. The van der Waals surface area contributed by atoms with Gasteiger partial charge in [0.15, 0.2) is 5.71 Å². The predicted molar refractivity (Wildman–Crippen MR) is 129 cm³/mol. The summed E-state index contributed by atoms with van der Waals surface area (Å²) >= 11 is 0. The number of carboxylic acid groups (broad SMARTS) is 1. The van der Waals surface area contributed by atoms with Crippen LogP contribution in [-0.4, -0.2) is 52.3 Å². The summed E-state index contributed by atoms with van der Waals surface area (Å²) in [6, 6.07) is 11.6. The molecule has 2 aromatic carbocycles. The maximum atomic E-state index is 12.1. The maximum Gasteiger partial charge on any atom is 0.199 e. The molecule has 0 aromatic heterocycles. The van der Waals surface area contributed by atoms with Crippen molar-refractivity contribution in [1.82, 2.24) is 0 Å². The lowest BCUT2D eigenvalue weighted by Gasteiger charge is -2.38. The Hall–Kier alpha value is -3.18. The van der Waals surface area contributed by atoms with Crippen molar-refractivity contribution in [2.75, 3.05) is 32.9 Å². The molecule has 158 valence electrons. The van der Waals surface area contributed by atoms with Gasteiger partial charge >= 0.3 is 0 Å². The molecule has 0 fully saturated rings. The van der Waals surface area contributed by atoms with Crippen LogP contribution in [0.1, 0.15) is 33.8 Å². The average molecular weight is 438 g/mol. The third-order valence-corrected chi connectivity index (χ3v) is 9.47. The van der Waals surface area contributed by atoms with Crippen LogP contribution < -0.4 is 15.2 Å². The Morgan fingerprint density at radius 1 is 1.10 bits per heavy atom. The van der Waals surface area contributed by atoms with Crippen molar-refractivity contribution in [3.05, 3.63) is 88.2 Å². The summed E-state index contributed by atoms with van der Waals surface area (Å²) in [7, 11) is -1.31. The summed E-state index contributed by atoms with van der Waals surface area (Å²) < 4.78 is 71.4. The van der Waals surface area contributed by atoms with Crippen molar-refractivity contribution in [3.63, 3.8) is 0 Å². The Morgan fingerprint density at radius 3 is 2.58 bits per heavy atom. The van der Waals surface area contributed by atoms with E-state index >= 15 is 0 Å². The number of hydrogen-bond donors (Lipinski definition) is 0. The van der Waals surface area contributed by atoms with E-state index in [-0.39, 0.29) is 11.3 Å². The highest BCUT2D eigenvalue weighted by atomic mass is 28.3. The molecule has 1 aliphatic heterocycles. The summed E-state index contributed by atoms with van der Waals surface area (Å²) in [5.74, 6) is -1.38. The molecule has 2 aromatic rings. The van der Waals surface area contributed by atoms with E-state index in [0.717, 1.165) is 10.8 Å². The third kappa shape index (κ3) is 3.39. The number of benzene rings is 2. The fraction of sp³-hybridized carbons (Fsp3) is 0.231. The highest BCUT2D eigenvalue weighted by molar-refractivity contribution is 6.98. The Bertz CT molecular complexity index is 1510. The van der Waals surface area contributed by atoms with Crippen LogP contribution in [0.2, 0.25) is 13.1 Å². The van der Waals surface area contributed by atoms with Crippen LogP contribution in [0.3, 0.4) is 0 Å². The largest absolute Gasteiger partial charge is 0.545 e. The zero-order valence-corrected chi connectivity index (χ0v) is 18.5. The van der Waals surface area contributed by atoms with Gasteiger partial charge < -0.3 is 14.8 Å². The van der Waals surface area contributed by atoms with E-state index in [1.165, 1.54) is 24.1 Å². The number of anilines is 1. The molecule has 0 saturated carbocycles. The maximum absolute atomic E-state index is 12.1. The van der Waals surface area contributed by atoms with Crippen LogP contribution in [-0.2, 0) is 0 Å². The lowest BCUT2D eigenvalue weighted by Crippen LogP contribution is -2.49. The van der Waals surface area contributed by atoms with Gasteiger partial charge in [-0.05, 0) is 50.9 Å². The minimum atomic E-state index is -2.96. The van der Waals surface area contributed by atoms with Gasteiger partial charge in [0, 0.05) is 41.5 Å². The van der Waals surface area contributed by atoms with Gasteiger partial charge in [-0.25, -0.2) is 4.58 Å². The van der Waals surface area contributed by atoms with E-state index < -0.39 is 35.0 Å². The van der Waals surface area contributed by atoms with Crippen LogP contribution in [0.5, 0.6) is 0 Å². The molecule has 0 spiro atoms. The van der Waals surface area contributed by atoms with Crippen LogP contribution in [0.15, 0.2) is 71.5 Å². The number of rotatable bonds is 3. The SMILES string of the molecule is [2H]C([2H])([2H])N(C)c1ccc2c(c1)[Si](C)(C)C1=CC(=[N+](C([2H])([2H])[2H])C([2H])([2H])[2H])C=CC1=C2c1ccccc1C(=O)[O-]. The first kappa shape index (κ1) is 12.6. The Kier molecular flexibility index (Phi) is 3.05. The molecule has 1 heterocycles. The number of aromatic carboxylic acids is 1. The van der Waals surface area contributed by atoms with E-state index in [1.807, 2.05) is 13.1 Å². The number of hydrogen-bond acceptors (Lipinski definition) is 3. The first-order valence-electron chi connectivity index (χ1n) is 14.3. The minimum absolute atomic E-state index is 0.0222. The molecule has 0 amide bonds. The van der Waals surface area contributed by atoms with Crippen molar-refractivity contribution in [1.29, 1.82) is 0 Å². The molecular formula is C26H28N2O2Si. The zero-order chi connectivity index (χ0) is 30.0. The molecule has 0 saturated heterocycles. The molecule has 5 heteroatoms. The van der Waals surface area contributed by atoms with Crippen molar-refractivity contribution in [3.8, 4) is 0 Å². The molecule has 0 N–H and O–H groups in total. The van der Waals surface area contributed by atoms with E-state index in [1.54, 1.807) is 48.6 Å². The zero-order valence-electron chi connectivity index (χ0n) is 26.5. The van der Waals surface area contributed by atoms with Crippen molar-refractivity contribution >= 4 is 36.2 Å². The minimum Gasteiger partial charge on any atom is -0.545 e. The van der Waals surface area contributed by atoms with Gasteiger partial charge in [0.2, 0.25) is 0 Å². The van der Waals surface area contributed by atoms with Crippen molar-refractivity contribution in [2.24, 2.45) is 0 Å². The number of allylic oxidation sites excluding steroid dienone is 5. The van der Waals surface area contributed by atoms with E-state index in [2.05, 4.69) is 0 Å². The molecule has 31 heavy (non-hydrogen) atoms. The van der Waals surface area contributed by atoms with Gasteiger partial charge in [-0.15, -0.1) is 0 Å². The number of nitrogens with zero attached hydrogens (tertiary/aromatic N) is 2. The lowest BCUT2D eigenvalue weighted by atomic mass is 9.87. The molecule has 1 aliphatic carbocycles. The van der Waals surface area contributed by atoms with E-state index in [4.69, 9.17) is 12.3 Å². The lowest BCUT2D eigenvalue weighted by molar-refractivity contribution is -0.462. The summed E-state index contributed by atoms with van der Waals surface area (Å²) in [5.41, 5.74) is 2.66. The fourth-order valence-corrected chi connectivity index (χ4v) is 7.41. The third-order valence-electron chi connectivity index (χ3n) is 5.95. The predicted octanol–water partition coefficient (Wildman–Crippen LogP) is 2.60. The van der Waals surface area contributed by atoms with E-state index in [9.17, 15) is 9.90 Å². The van der Waals surface area contributed by atoms with Crippen LogP contribution in [0.25, 0.3) is 5.57 Å². The van der Waals surface area contributed by atoms with Gasteiger partial charge in [0.05, 0.1) is 14.2 Å². The number of carbonyl (C=O) groups is 1. The molecule has 2 aliphatic rings. The van der Waals surface area contributed by atoms with Gasteiger partial charge in [-0.1, -0.05) is 43.4 Å². The molecular weight excluding hydrogens is 400 g/mol. The molecule has 0 bridgehead atoms. The molecule has 0 atom stereocenters. The number of fused-ring (bicyclic) bond motifs is 2. The van der Waals surface area contributed by atoms with Crippen molar-refractivity contribution < 1.29 is 26.8 Å². The van der Waals surface area contributed by atoms with Crippen LogP contribution in [0, 0.1) is 0 Å². The fourth-order valence-electron chi connectivity index (χ4n) is 4.34. The van der Waals surface area contributed by atoms with Crippen LogP contribution >= 0.6 is 0 Å². The van der Waals surface area contributed by atoms with Crippen LogP contribution in [0.4, 0.5) is 5.69 Å². The highest BCUT2D eigenvalue weighted by Crippen LogP contribution is 2.42. The second-order valence-electron chi connectivity index (χ2n) is 8.19. The summed E-state index contributed by atoms with van der Waals surface area (Å²) in [4.78, 5) is 13.3. The normalized spacial score (nSPS) is 22.0. The Labute approximate surface area is 197 Å². The van der Waals surface area contributed by atoms with Gasteiger partial charge in [0.25, 0.3) is 0 Å². The first-order valence-corrected chi connectivity index (χ1v) is 12.8. The average Bonchev–Trinajstić information content (AvgIpc) is 2.82. The molecule has 0 radical (unpaired) electrons. The Morgan fingerprint density at radius 2 is 1.87 bits per heavy atom. The molecule has 4 rings (SSSR count). The van der Waals surface area contributed by atoms with Gasteiger partial charge in [0.1, 0.15) is 22.0 Å². The summed E-state index contributed by atoms with van der Waals surface area (Å²) in [6.45, 7) is -4.31. The van der Waals surface area contributed by atoms with Gasteiger partial charge in [-0.3, -0.25) is 0 Å². The first-order chi connectivity index (χ1) is 18.3. The smallest absolute Gasteiger partial charge is 0.199 e. The molecule has 4 nitrogen and oxygen atoms in total. The summed E-state index contributed by atoms with van der Waals surface area (Å²) in [5, 5.41) is 13.6. The second kappa shape index (κ2) is 7.50. The molecule has 0 unspecified atom stereocenters. The van der Waals surface area contributed by atoms with Crippen molar-refractivity contribution in [2.45, 2.75) is 13.1 Å². The number of carbonyl (C=O) groups excluding carboxylic acids is 1. The highest BCUT2D eigenvalue weighted by Gasteiger charge is 2.40. The summed E-state index contributed by atoms with van der Waals surface area (Å²) in [6.07, 6.45) is 4.62. The topological polar surface area (TPSA) is 46.4 Å². The van der Waals surface area contributed by atoms with E-state index in [0.29, 0.717) is 32.2 Å². The standard InChI is InChI=1S/C26H28N2O2Si/c1-27(2)17-11-13-21-23(15-17)31(5,6)24-16-18(28(3)4)12-14-22(24)25(21)19-9-7-8-10-20(19)26(29)30/h7-16H,1-6H3/i1D3,2D3,3D3.